The lowest BCUT2D eigenvalue weighted by Gasteiger charge is -2.00. The van der Waals surface area contributed by atoms with Crippen LogP contribution in [0, 0.1) is 0 Å². The van der Waals surface area contributed by atoms with E-state index < -0.39 is 0 Å². The molecule has 0 N–H and O–H groups in total. The van der Waals surface area contributed by atoms with Gasteiger partial charge in [-0.2, -0.15) is 9.50 Å². The molecule has 0 radical (unpaired) electrons. The minimum Gasteiger partial charge on any atom is -0.266 e. The first-order chi connectivity index (χ1) is 13.2. The second kappa shape index (κ2) is 6.40. The Labute approximate surface area is 166 Å². The number of hydrogen-bond acceptors (Lipinski definition) is 4. The van der Waals surface area contributed by atoms with Crippen molar-refractivity contribution in [3.05, 3.63) is 91.7 Å². The Morgan fingerprint density at radius 2 is 1.74 bits per heavy atom. The van der Waals surface area contributed by atoms with Gasteiger partial charge < -0.3 is 0 Å². The average Bonchev–Trinajstić information content (AvgIpc) is 3.22. The second-order valence-corrected chi connectivity index (χ2v) is 7.96. The van der Waals surface area contributed by atoms with E-state index in [4.69, 9.17) is 0 Å². The number of rotatable bonds is 2. The SMILES string of the molecule is O=c1/c(=C/c2cccc3ccccc23)sc2nc(-c3ccccc3Br)nn12. The molecule has 5 aromatic rings. The topological polar surface area (TPSA) is 47.3 Å². The molecule has 0 aliphatic carbocycles. The second-order valence-electron chi connectivity index (χ2n) is 6.09. The lowest BCUT2D eigenvalue weighted by atomic mass is 10.0. The molecule has 0 unspecified atom stereocenters. The van der Waals surface area contributed by atoms with Crippen molar-refractivity contribution in [1.82, 2.24) is 14.6 Å². The van der Waals surface area contributed by atoms with Crippen LogP contribution in [-0.2, 0) is 0 Å². The van der Waals surface area contributed by atoms with Gasteiger partial charge in [0.15, 0.2) is 5.82 Å². The number of thiazole rings is 1. The van der Waals surface area contributed by atoms with Crippen LogP contribution in [0.3, 0.4) is 0 Å². The standard InChI is InChI=1S/C21H12BrN3OS/c22-17-11-4-3-10-16(17)19-23-21-25(24-19)20(26)18(27-21)12-14-8-5-7-13-6-1-2-9-15(13)14/h1-12H/b18-12-. The first-order valence-corrected chi connectivity index (χ1v) is 9.95. The van der Waals surface area contributed by atoms with Gasteiger partial charge in [0.05, 0.1) is 4.53 Å². The average molecular weight is 434 g/mol. The fourth-order valence-corrected chi connectivity index (χ4v) is 4.47. The quantitative estimate of drug-likeness (QED) is 0.417. The summed E-state index contributed by atoms with van der Waals surface area (Å²) in [4.78, 5) is 18.0. The van der Waals surface area contributed by atoms with Crippen molar-refractivity contribution < 1.29 is 0 Å². The van der Waals surface area contributed by atoms with Gasteiger partial charge in [0, 0.05) is 10.0 Å². The van der Waals surface area contributed by atoms with Crippen LogP contribution in [0.25, 0.3) is 33.2 Å². The largest absolute Gasteiger partial charge is 0.291 e. The molecule has 27 heavy (non-hydrogen) atoms. The van der Waals surface area contributed by atoms with Crippen LogP contribution < -0.4 is 10.1 Å². The van der Waals surface area contributed by atoms with E-state index in [9.17, 15) is 4.79 Å². The third kappa shape index (κ3) is 2.78. The maximum absolute atomic E-state index is 12.8. The molecular formula is C21H12BrN3OS. The number of fused-ring (bicyclic) bond motifs is 2. The number of halogens is 1. The molecule has 0 fully saturated rings. The monoisotopic (exact) mass is 433 g/mol. The molecule has 0 saturated heterocycles. The molecule has 0 saturated carbocycles. The van der Waals surface area contributed by atoms with Gasteiger partial charge in [0.2, 0.25) is 4.96 Å². The summed E-state index contributed by atoms with van der Waals surface area (Å²) in [5.74, 6) is 0.544. The van der Waals surface area contributed by atoms with Crippen molar-refractivity contribution in [1.29, 1.82) is 0 Å². The maximum Gasteiger partial charge on any atom is 0.291 e. The van der Waals surface area contributed by atoms with Crippen LogP contribution in [0.5, 0.6) is 0 Å². The van der Waals surface area contributed by atoms with Gasteiger partial charge in [-0.1, -0.05) is 81.9 Å². The van der Waals surface area contributed by atoms with Crippen LogP contribution >= 0.6 is 27.3 Å². The molecule has 0 aliphatic rings. The van der Waals surface area contributed by atoms with Gasteiger partial charge in [-0.3, -0.25) is 4.79 Å². The normalized spacial score (nSPS) is 12.3. The predicted molar refractivity (Wildman–Crippen MR) is 113 cm³/mol. The third-order valence-corrected chi connectivity index (χ3v) is 6.06. The molecule has 0 amide bonds. The molecule has 4 nitrogen and oxygen atoms in total. The van der Waals surface area contributed by atoms with Crippen molar-refractivity contribution in [3.63, 3.8) is 0 Å². The van der Waals surface area contributed by atoms with Crippen LogP contribution in [-0.4, -0.2) is 14.6 Å². The maximum atomic E-state index is 12.8. The van der Waals surface area contributed by atoms with E-state index in [-0.39, 0.29) is 5.56 Å². The number of aromatic nitrogens is 3. The highest BCUT2D eigenvalue weighted by Crippen LogP contribution is 2.25. The smallest absolute Gasteiger partial charge is 0.266 e. The Bertz CT molecular complexity index is 1420. The minimum atomic E-state index is -0.145. The highest BCUT2D eigenvalue weighted by atomic mass is 79.9. The van der Waals surface area contributed by atoms with E-state index in [0.717, 1.165) is 26.4 Å². The molecule has 3 aromatic carbocycles. The summed E-state index contributed by atoms with van der Waals surface area (Å²) in [5, 5.41) is 6.69. The van der Waals surface area contributed by atoms with Gasteiger partial charge in [0.25, 0.3) is 5.56 Å². The van der Waals surface area contributed by atoms with Gasteiger partial charge in [-0.05, 0) is 34.5 Å². The Morgan fingerprint density at radius 1 is 0.963 bits per heavy atom. The molecule has 0 bridgehead atoms. The van der Waals surface area contributed by atoms with Gasteiger partial charge in [-0.15, -0.1) is 5.10 Å². The Hall–Kier alpha value is -2.83. The van der Waals surface area contributed by atoms with Crippen molar-refractivity contribution in [3.8, 4) is 11.4 Å². The number of nitrogens with zero attached hydrogens (tertiary/aromatic N) is 3. The zero-order chi connectivity index (χ0) is 18.4. The third-order valence-electron chi connectivity index (χ3n) is 4.41. The summed E-state index contributed by atoms with van der Waals surface area (Å²) in [6, 6.07) is 21.9. The van der Waals surface area contributed by atoms with E-state index in [2.05, 4.69) is 44.2 Å². The van der Waals surface area contributed by atoms with Crippen molar-refractivity contribution in [2.45, 2.75) is 0 Å². The highest BCUT2D eigenvalue weighted by molar-refractivity contribution is 9.10. The Kier molecular flexibility index (Phi) is 3.88. The molecule has 5 rings (SSSR count). The summed E-state index contributed by atoms with van der Waals surface area (Å²) >= 11 is 4.86. The first-order valence-electron chi connectivity index (χ1n) is 8.35. The molecule has 6 heteroatoms. The lowest BCUT2D eigenvalue weighted by Crippen LogP contribution is -2.23. The summed E-state index contributed by atoms with van der Waals surface area (Å²) < 4.78 is 2.91. The summed E-state index contributed by atoms with van der Waals surface area (Å²) in [7, 11) is 0. The van der Waals surface area contributed by atoms with Gasteiger partial charge in [0.1, 0.15) is 0 Å². The minimum absolute atomic E-state index is 0.145. The van der Waals surface area contributed by atoms with Crippen LogP contribution in [0.2, 0.25) is 0 Å². The highest BCUT2D eigenvalue weighted by Gasteiger charge is 2.13. The van der Waals surface area contributed by atoms with Gasteiger partial charge >= 0.3 is 0 Å². The van der Waals surface area contributed by atoms with Gasteiger partial charge in [-0.25, -0.2) is 0 Å². The molecule has 0 aliphatic heterocycles. The Morgan fingerprint density at radius 3 is 2.59 bits per heavy atom. The van der Waals surface area contributed by atoms with E-state index in [1.54, 1.807) is 0 Å². The molecule has 2 heterocycles. The first kappa shape index (κ1) is 16.4. The summed E-state index contributed by atoms with van der Waals surface area (Å²) in [5.41, 5.74) is 1.74. The molecule has 2 aromatic heterocycles. The van der Waals surface area contributed by atoms with Crippen LogP contribution in [0.4, 0.5) is 0 Å². The van der Waals surface area contributed by atoms with Crippen molar-refractivity contribution in [2.24, 2.45) is 0 Å². The zero-order valence-electron chi connectivity index (χ0n) is 14.0. The van der Waals surface area contributed by atoms with Crippen molar-refractivity contribution in [2.75, 3.05) is 0 Å². The molecule has 130 valence electrons. The zero-order valence-corrected chi connectivity index (χ0v) is 16.4. The van der Waals surface area contributed by atoms with E-state index in [1.807, 2.05) is 54.6 Å². The summed E-state index contributed by atoms with van der Waals surface area (Å²) in [6.45, 7) is 0. The summed E-state index contributed by atoms with van der Waals surface area (Å²) in [6.07, 6.45) is 1.92. The molecule has 0 spiro atoms. The number of hydrogen-bond donors (Lipinski definition) is 0. The fourth-order valence-electron chi connectivity index (χ4n) is 3.11. The van der Waals surface area contributed by atoms with Crippen molar-refractivity contribution >= 4 is 49.1 Å². The van der Waals surface area contributed by atoms with E-state index in [0.29, 0.717) is 15.3 Å². The molecular weight excluding hydrogens is 422 g/mol. The lowest BCUT2D eigenvalue weighted by molar-refractivity contribution is 0.936. The Balaban J connectivity index is 1.68. The van der Waals surface area contributed by atoms with Crippen LogP contribution in [0.15, 0.2) is 76.0 Å². The van der Waals surface area contributed by atoms with E-state index in [1.165, 1.54) is 15.9 Å². The van der Waals surface area contributed by atoms with Crippen LogP contribution in [0.1, 0.15) is 5.56 Å². The molecule has 0 atom stereocenters. The fraction of sp³-hybridized carbons (Fsp3) is 0. The predicted octanol–water partition coefficient (Wildman–Crippen LogP) is 4.28. The number of benzene rings is 3. The van der Waals surface area contributed by atoms with E-state index >= 15 is 0 Å².